The Bertz CT molecular complexity index is 1080. The van der Waals surface area contributed by atoms with Crippen molar-refractivity contribution in [1.29, 1.82) is 0 Å². The highest BCUT2D eigenvalue weighted by Crippen LogP contribution is 2.44. The molecule has 1 saturated heterocycles. The van der Waals surface area contributed by atoms with Crippen molar-refractivity contribution in [3.63, 3.8) is 0 Å². The van der Waals surface area contributed by atoms with Gasteiger partial charge in [-0.1, -0.05) is 61.4 Å². The molecule has 1 aliphatic heterocycles. The maximum Gasteiger partial charge on any atom is 0.407 e. The van der Waals surface area contributed by atoms with Crippen LogP contribution in [0.5, 0.6) is 0 Å². The molecule has 2 aliphatic carbocycles. The molecule has 2 amide bonds. The zero-order valence-electron chi connectivity index (χ0n) is 19.4. The van der Waals surface area contributed by atoms with E-state index in [1.54, 1.807) is 0 Å². The SMILES string of the molecule is O=C(NCC(CC1CC1)C(=O)N1C[C@@H](O)C[C@H]1C(=O)O)OCC1c2ccccc2-c2ccccc21. The molecule has 0 spiro atoms. The van der Waals surface area contributed by atoms with Crippen LogP contribution in [0, 0.1) is 11.8 Å². The van der Waals surface area contributed by atoms with Crippen LogP contribution in [0.15, 0.2) is 48.5 Å². The number of hydrogen-bond donors (Lipinski definition) is 3. The summed E-state index contributed by atoms with van der Waals surface area (Å²) < 4.78 is 5.58. The first-order valence-electron chi connectivity index (χ1n) is 12.2. The van der Waals surface area contributed by atoms with Crippen molar-refractivity contribution >= 4 is 18.0 Å². The molecule has 35 heavy (non-hydrogen) atoms. The van der Waals surface area contributed by atoms with Crippen molar-refractivity contribution in [2.45, 2.75) is 43.7 Å². The van der Waals surface area contributed by atoms with Crippen LogP contribution in [0.25, 0.3) is 11.1 Å². The van der Waals surface area contributed by atoms with Gasteiger partial charge in [-0.3, -0.25) is 4.79 Å². The highest BCUT2D eigenvalue weighted by Gasteiger charge is 2.42. The van der Waals surface area contributed by atoms with Crippen molar-refractivity contribution in [2.75, 3.05) is 19.7 Å². The Morgan fingerprint density at radius 2 is 1.66 bits per heavy atom. The lowest BCUT2D eigenvalue weighted by Gasteiger charge is -2.27. The number of aliphatic carboxylic acids is 1. The van der Waals surface area contributed by atoms with Gasteiger partial charge in [-0.2, -0.15) is 0 Å². The van der Waals surface area contributed by atoms with Crippen molar-refractivity contribution in [1.82, 2.24) is 10.2 Å². The number of benzene rings is 2. The molecule has 1 saturated carbocycles. The van der Waals surface area contributed by atoms with Gasteiger partial charge in [0.05, 0.1) is 12.0 Å². The van der Waals surface area contributed by atoms with Crippen molar-refractivity contribution in [3.8, 4) is 11.1 Å². The summed E-state index contributed by atoms with van der Waals surface area (Å²) in [6.45, 7) is 0.257. The van der Waals surface area contributed by atoms with Gasteiger partial charge in [-0.25, -0.2) is 9.59 Å². The van der Waals surface area contributed by atoms with Gasteiger partial charge in [-0.05, 0) is 34.6 Å². The van der Waals surface area contributed by atoms with Crippen LogP contribution < -0.4 is 5.32 Å². The zero-order chi connectivity index (χ0) is 24.5. The number of carboxylic acids is 1. The molecular weight excluding hydrogens is 448 g/mol. The smallest absolute Gasteiger partial charge is 0.407 e. The Labute approximate surface area is 203 Å². The summed E-state index contributed by atoms with van der Waals surface area (Å²) in [4.78, 5) is 38.6. The average molecular weight is 479 g/mol. The fraction of sp³-hybridized carbons (Fsp3) is 0.444. The molecule has 5 rings (SSSR count). The van der Waals surface area contributed by atoms with E-state index in [9.17, 15) is 24.6 Å². The van der Waals surface area contributed by atoms with Crippen LogP contribution in [-0.2, 0) is 14.3 Å². The quantitative estimate of drug-likeness (QED) is 0.537. The molecule has 8 heteroatoms. The maximum atomic E-state index is 13.2. The predicted octanol–water partition coefficient (Wildman–Crippen LogP) is 2.99. The fourth-order valence-corrected chi connectivity index (χ4v) is 5.41. The number of aliphatic hydroxyl groups excluding tert-OH is 1. The summed E-state index contributed by atoms with van der Waals surface area (Å²) in [7, 11) is 0. The van der Waals surface area contributed by atoms with Crippen molar-refractivity contribution in [3.05, 3.63) is 59.7 Å². The summed E-state index contributed by atoms with van der Waals surface area (Å²) in [5.74, 6) is -1.65. The second kappa shape index (κ2) is 9.70. The largest absolute Gasteiger partial charge is 0.480 e. The molecule has 1 heterocycles. The van der Waals surface area contributed by atoms with E-state index >= 15 is 0 Å². The molecule has 3 N–H and O–H groups in total. The van der Waals surface area contributed by atoms with Gasteiger partial charge in [0.15, 0.2) is 0 Å². The number of carbonyl (C=O) groups is 3. The Kier molecular flexibility index (Phi) is 6.47. The average Bonchev–Trinajstić information content (AvgIpc) is 3.50. The minimum absolute atomic E-state index is 0.00190. The Hall–Kier alpha value is -3.39. The molecular formula is C27H30N2O6. The molecule has 2 aromatic carbocycles. The van der Waals surface area contributed by atoms with Crippen LogP contribution in [0.3, 0.4) is 0 Å². The lowest BCUT2D eigenvalue weighted by Crippen LogP contribution is -2.46. The third kappa shape index (κ3) is 4.89. The first-order chi connectivity index (χ1) is 16.9. The number of rotatable bonds is 8. The second-order valence-electron chi connectivity index (χ2n) is 9.82. The van der Waals surface area contributed by atoms with Crippen LogP contribution >= 0.6 is 0 Å². The van der Waals surface area contributed by atoms with Crippen molar-refractivity contribution in [2.24, 2.45) is 11.8 Å². The van der Waals surface area contributed by atoms with E-state index < -0.39 is 30.1 Å². The van der Waals surface area contributed by atoms with E-state index in [4.69, 9.17) is 4.74 Å². The number of β-amino-alcohol motifs (C(OH)–C–C–N with tert-alkyl or cyclic N) is 1. The number of carboxylic acid groups (broad SMARTS) is 1. The van der Waals surface area contributed by atoms with Gasteiger partial charge in [0.1, 0.15) is 12.6 Å². The summed E-state index contributed by atoms with van der Waals surface area (Å²) in [5.41, 5.74) is 4.53. The number of alkyl carbamates (subject to hydrolysis) is 1. The summed E-state index contributed by atoms with van der Waals surface area (Å²) in [5, 5.41) is 22.1. The summed E-state index contributed by atoms with van der Waals surface area (Å²) in [6, 6.07) is 15.2. The standard InChI is InChI=1S/C27H30N2O6/c30-18-12-24(26(32)33)29(14-18)25(31)17(11-16-9-10-16)13-28-27(34)35-15-23-21-7-3-1-5-19(21)20-6-2-4-8-22(20)23/h1-8,16-18,23-24,30H,9-15H2,(H,28,34)(H,32,33)/t17?,18-,24-/m0/s1. The minimum atomic E-state index is -1.12. The highest BCUT2D eigenvalue weighted by atomic mass is 16.5. The first kappa shape index (κ1) is 23.4. The molecule has 8 nitrogen and oxygen atoms in total. The molecule has 184 valence electrons. The molecule has 1 unspecified atom stereocenters. The number of aliphatic hydroxyl groups is 1. The van der Waals surface area contributed by atoms with Crippen molar-refractivity contribution < 1.29 is 29.3 Å². The number of hydrogen-bond acceptors (Lipinski definition) is 5. The summed E-state index contributed by atoms with van der Waals surface area (Å²) >= 11 is 0. The molecule has 3 aliphatic rings. The van der Waals surface area contributed by atoms with Gasteiger partial charge in [0.2, 0.25) is 5.91 Å². The lowest BCUT2D eigenvalue weighted by atomic mass is 9.98. The minimum Gasteiger partial charge on any atom is -0.480 e. The number of carbonyl (C=O) groups excluding carboxylic acids is 2. The Balaban J connectivity index is 1.21. The number of ether oxygens (including phenoxy) is 1. The van der Waals surface area contributed by atoms with Crippen LogP contribution in [-0.4, -0.2) is 64.9 Å². The number of nitrogens with zero attached hydrogens (tertiary/aromatic N) is 1. The van der Waals surface area contributed by atoms with Crippen LogP contribution in [0.2, 0.25) is 0 Å². The number of likely N-dealkylation sites (tertiary alicyclic amines) is 1. The highest BCUT2D eigenvalue weighted by molar-refractivity contribution is 5.86. The topological polar surface area (TPSA) is 116 Å². The van der Waals surface area contributed by atoms with E-state index in [-0.39, 0.29) is 37.9 Å². The molecule has 2 fully saturated rings. The third-order valence-corrected chi connectivity index (χ3v) is 7.35. The van der Waals surface area contributed by atoms with E-state index in [1.807, 2.05) is 24.3 Å². The van der Waals surface area contributed by atoms with E-state index in [0.29, 0.717) is 12.3 Å². The van der Waals surface area contributed by atoms with Gasteiger partial charge in [-0.15, -0.1) is 0 Å². The van der Waals surface area contributed by atoms with Gasteiger partial charge < -0.3 is 25.2 Å². The normalized spacial score (nSPS) is 21.8. The Morgan fingerprint density at radius 1 is 1.03 bits per heavy atom. The number of fused-ring (bicyclic) bond motifs is 3. The zero-order valence-corrected chi connectivity index (χ0v) is 19.4. The van der Waals surface area contributed by atoms with E-state index in [1.165, 1.54) is 4.90 Å². The molecule has 0 bridgehead atoms. The summed E-state index contributed by atoms with van der Waals surface area (Å²) in [6.07, 6.45) is 1.21. The fourth-order valence-electron chi connectivity index (χ4n) is 5.41. The third-order valence-electron chi connectivity index (χ3n) is 7.35. The monoisotopic (exact) mass is 478 g/mol. The van der Waals surface area contributed by atoms with Gasteiger partial charge in [0.25, 0.3) is 0 Å². The molecule has 3 atom stereocenters. The van der Waals surface area contributed by atoms with Crippen LogP contribution in [0.4, 0.5) is 4.79 Å². The predicted molar refractivity (Wildman–Crippen MR) is 128 cm³/mol. The van der Waals surface area contributed by atoms with E-state index in [0.717, 1.165) is 35.1 Å². The molecule has 0 aromatic heterocycles. The molecule has 0 radical (unpaired) electrons. The molecule has 2 aromatic rings. The van der Waals surface area contributed by atoms with Crippen LogP contribution in [0.1, 0.15) is 42.7 Å². The number of amides is 2. The van der Waals surface area contributed by atoms with E-state index in [2.05, 4.69) is 29.6 Å². The number of nitrogens with one attached hydrogen (secondary N) is 1. The lowest BCUT2D eigenvalue weighted by molar-refractivity contribution is -0.150. The van der Waals surface area contributed by atoms with Gasteiger partial charge >= 0.3 is 12.1 Å². The second-order valence-corrected chi connectivity index (χ2v) is 9.82. The Morgan fingerprint density at radius 3 is 2.26 bits per heavy atom. The van der Waals surface area contributed by atoms with Gasteiger partial charge in [0, 0.05) is 25.4 Å². The maximum absolute atomic E-state index is 13.2. The first-order valence-corrected chi connectivity index (χ1v) is 12.2.